The van der Waals surface area contributed by atoms with E-state index in [9.17, 15) is 9.18 Å². The first-order valence-electron chi connectivity index (χ1n) is 5.13. The van der Waals surface area contributed by atoms with Gasteiger partial charge in [-0.3, -0.25) is 10.1 Å². The van der Waals surface area contributed by atoms with E-state index in [4.69, 9.17) is 4.74 Å². The van der Waals surface area contributed by atoms with Crippen LogP contribution in [0, 0.1) is 12.7 Å². The van der Waals surface area contributed by atoms with Crippen molar-refractivity contribution in [3.8, 4) is 6.01 Å². The zero-order valence-electron chi connectivity index (χ0n) is 9.82. The summed E-state index contributed by atoms with van der Waals surface area (Å²) in [6, 6.07) is 4.18. The van der Waals surface area contributed by atoms with Crippen LogP contribution >= 0.6 is 0 Å². The average Bonchev–Trinajstić information content (AvgIpc) is 2.75. The lowest BCUT2D eigenvalue weighted by Crippen LogP contribution is -2.13. The van der Waals surface area contributed by atoms with Crippen LogP contribution in [0.2, 0.25) is 0 Å². The van der Waals surface area contributed by atoms with Crippen molar-refractivity contribution in [2.45, 2.75) is 6.92 Å². The predicted octanol–water partition coefficient (Wildman–Crippen LogP) is 1.51. The minimum Gasteiger partial charge on any atom is -0.466 e. The number of aromatic nitrogens is 3. The molecule has 0 aliphatic carbocycles. The smallest absolute Gasteiger partial charge is 0.336 e. The highest BCUT2D eigenvalue weighted by atomic mass is 19.1. The summed E-state index contributed by atoms with van der Waals surface area (Å²) in [5, 5.41) is 8.60. The molecule has 0 saturated heterocycles. The molecule has 0 aliphatic rings. The highest BCUT2D eigenvalue weighted by Gasteiger charge is 2.11. The number of nitrogens with zero attached hydrogens (tertiary/aromatic N) is 2. The number of nitrogens with one attached hydrogen (secondary N) is 2. The van der Waals surface area contributed by atoms with Crippen molar-refractivity contribution < 1.29 is 13.9 Å². The molecule has 1 aromatic carbocycles. The lowest BCUT2D eigenvalue weighted by Gasteiger charge is -2.02. The molecule has 94 valence electrons. The molecule has 0 unspecified atom stereocenters. The number of hydrogen-bond donors (Lipinski definition) is 2. The summed E-state index contributed by atoms with van der Waals surface area (Å²) in [5.41, 5.74) is 0.873. The van der Waals surface area contributed by atoms with E-state index in [0.29, 0.717) is 5.56 Å². The molecule has 0 radical (unpaired) electrons. The van der Waals surface area contributed by atoms with E-state index in [0.717, 1.165) is 6.07 Å². The summed E-state index contributed by atoms with van der Waals surface area (Å²) in [5.74, 6) is -0.800. The summed E-state index contributed by atoms with van der Waals surface area (Å²) in [6.45, 7) is 1.71. The van der Waals surface area contributed by atoms with Crippen LogP contribution in [0.4, 0.5) is 10.3 Å². The first-order valence-corrected chi connectivity index (χ1v) is 5.13. The van der Waals surface area contributed by atoms with Crippen molar-refractivity contribution in [3.63, 3.8) is 0 Å². The van der Waals surface area contributed by atoms with E-state index in [2.05, 4.69) is 20.5 Å². The number of halogens is 1. The monoisotopic (exact) mass is 250 g/mol. The van der Waals surface area contributed by atoms with E-state index in [1.165, 1.54) is 13.2 Å². The largest absolute Gasteiger partial charge is 0.466 e. The van der Waals surface area contributed by atoms with Crippen LogP contribution in [0.25, 0.3) is 0 Å². The highest BCUT2D eigenvalue weighted by Crippen LogP contribution is 2.11. The molecule has 0 fully saturated rings. The van der Waals surface area contributed by atoms with Gasteiger partial charge in [-0.15, -0.1) is 5.10 Å². The number of ether oxygens (including phenoxy) is 1. The van der Waals surface area contributed by atoms with E-state index >= 15 is 0 Å². The number of anilines is 1. The van der Waals surface area contributed by atoms with Gasteiger partial charge in [0, 0.05) is 5.56 Å². The van der Waals surface area contributed by atoms with Gasteiger partial charge in [0.15, 0.2) is 0 Å². The molecule has 2 N–H and O–H groups in total. The van der Waals surface area contributed by atoms with Crippen LogP contribution in [-0.4, -0.2) is 28.2 Å². The van der Waals surface area contributed by atoms with Crippen LogP contribution in [0.1, 0.15) is 15.9 Å². The second-order valence-electron chi connectivity index (χ2n) is 3.64. The molecule has 0 saturated carbocycles. The van der Waals surface area contributed by atoms with Gasteiger partial charge in [-0.2, -0.15) is 4.98 Å². The Kier molecular flexibility index (Phi) is 3.22. The number of H-pyrrole nitrogens is 1. The molecule has 1 amide bonds. The lowest BCUT2D eigenvalue weighted by atomic mass is 10.1. The second kappa shape index (κ2) is 4.82. The third-order valence-corrected chi connectivity index (χ3v) is 2.18. The molecule has 18 heavy (non-hydrogen) atoms. The molecule has 6 nitrogen and oxygen atoms in total. The normalized spacial score (nSPS) is 10.2. The Labute approximate surface area is 102 Å². The molecule has 0 atom stereocenters. The molecular formula is C11H11FN4O2. The molecule has 0 bridgehead atoms. The van der Waals surface area contributed by atoms with Crippen LogP contribution in [0.3, 0.4) is 0 Å². The summed E-state index contributed by atoms with van der Waals surface area (Å²) < 4.78 is 17.9. The number of methoxy groups -OCH3 is 1. The van der Waals surface area contributed by atoms with Crippen molar-refractivity contribution in [3.05, 3.63) is 35.1 Å². The Hall–Kier alpha value is -2.44. The molecule has 2 aromatic rings. The fraction of sp³-hybridized carbons (Fsp3) is 0.182. The maximum absolute atomic E-state index is 13.2. The van der Waals surface area contributed by atoms with Gasteiger partial charge in [-0.25, -0.2) is 9.49 Å². The number of aryl methyl sites for hydroxylation is 1. The van der Waals surface area contributed by atoms with Crippen molar-refractivity contribution >= 4 is 11.9 Å². The van der Waals surface area contributed by atoms with Crippen molar-refractivity contribution in [1.82, 2.24) is 15.2 Å². The van der Waals surface area contributed by atoms with Gasteiger partial charge < -0.3 is 4.74 Å². The maximum atomic E-state index is 13.2. The minimum atomic E-state index is -0.476. The standard InChI is InChI=1S/C11H11FN4O2/c1-6-3-7(5-8(12)4-6)9(17)13-10-14-11(18-2)16-15-10/h3-5H,1-2H3,(H2,13,14,15,16,17). The topological polar surface area (TPSA) is 79.9 Å². The first kappa shape index (κ1) is 12.0. The van der Waals surface area contributed by atoms with Gasteiger partial charge in [-0.1, -0.05) is 0 Å². The number of amides is 1. The van der Waals surface area contributed by atoms with Gasteiger partial charge in [0.1, 0.15) is 5.82 Å². The van der Waals surface area contributed by atoms with Crippen LogP contribution in [0.5, 0.6) is 6.01 Å². The van der Waals surface area contributed by atoms with Crippen molar-refractivity contribution in [1.29, 1.82) is 0 Å². The average molecular weight is 250 g/mol. The van der Waals surface area contributed by atoms with E-state index in [1.807, 2.05) is 0 Å². The number of carbonyl (C=O) groups excluding carboxylic acids is 1. The third-order valence-electron chi connectivity index (χ3n) is 2.18. The summed E-state index contributed by atoms with van der Waals surface area (Å²) >= 11 is 0. The third kappa shape index (κ3) is 2.62. The molecule has 0 spiro atoms. The fourth-order valence-electron chi connectivity index (χ4n) is 1.44. The minimum absolute atomic E-state index is 0.112. The molecule has 1 heterocycles. The van der Waals surface area contributed by atoms with E-state index in [1.54, 1.807) is 13.0 Å². The molecule has 2 rings (SSSR count). The van der Waals surface area contributed by atoms with E-state index < -0.39 is 11.7 Å². The lowest BCUT2D eigenvalue weighted by molar-refractivity contribution is 0.102. The highest BCUT2D eigenvalue weighted by molar-refractivity contribution is 6.03. The van der Waals surface area contributed by atoms with Gasteiger partial charge in [-0.05, 0) is 30.7 Å². The Balaban J connectivity index is 2.16. The maximum Gasteiger partial charge on any atom is 0.336 e. The molecule has 7 heteroatoms. The molecule has 1 aromatic heterocycles. The quantitative estimate of drug-likeness (QED) is 0.865. The van der Waals surface area contributed by atoms with E-state index in [-0.39, 0.29) is 17.5 Å². The SMILES string of the molecule is COc1n[nH]c(NC(=O)c2cc(C)cc(F)c2)n1. The number of carbonyl (C=O) groups is 1. The van der Waals surface area contributed by atoms with Gasteiger partial charge in [0.25, 0.3) is 5.91 Å². The van der Waals surface area contributed by atoms with Crippen molar-refractivity contribution in [2.75, 3.05) is 12.4 Å². The summed E-state index contributed by atoms with van der Waals surface area (Å²) in [6.07, 6.45) is 0. The number of rotatable bonds is 3. The van der Waals surface area contributed by atoms with Crippen LogP contribution in [0.15, 0.2) is 18.2 Å². The Morgan fingerprint density at radius 3 is 2.83 bits per heavy atom. The zero-order valence-corrected chi connectivity index (χ0v) is 9.82. The fourth-order valence-corrected chi connectivity index (χ4v) is 1.44. The second-order valence-corrected chi connectivity index (χ2v) is 3.64. The Morgan fingerprint density at radius 1 is 1.44 bits per heavy atom. The zero-order chi connectivity index (χ0) is 13.1. The molecule has 0 aliphatic heterocycles. The van der Waals surface area contributed by atoms with Gasteiger partial charge >= 0.3 is 6.01 Å². The van der Waals surface area contributed by atoms with Gasteiger partial charge in [0.2, 0.25) is 5.95 Å². The number of aromatic amines is 1. The summed E-state index contributed by atoms with van der Waals surface area (Å²) in [7, 11) is 1.41. The Morgan fingerprint density at radius 2 is 2.22 bits per heavy atom. The first-order chi connectivity index (χ1) is 8.58. The van der Waals surface area contributed by atoms with Gasteiger partial charge in [0.05, 0.1) is 7.11 Å². The van der Waals surface area contributed by atoms with Crippen molar-refractivity contribution in [2.24, 2.45) is 0 Å². The number of benzene rings is 1. The predicted molar refractivity (Wildman–Crippen MR) is 62.0 cm³/mol. The van der Waals surface area contributed by atoms with Crippen LogP contribution < -0.4 is 10.1 Å². The molecular weight excluding hydrogens is 239 g/mol. The van der Waals surface area contributed by atoms with Crippen LogP contribution in [-0.2, 0) is 0 Å². The summed E-state index contributed by atoms with van der Waals surface area (Å²) in [4.78, 5) is 15.6. The Bertz CT molecular complexity index is 562. The number of hydrogen-bond acceptors (Lipinski definition) is 4.